The van der Waals surface area contributed by atoms with E-state index in [1.54, 1.807) is 0 Å². The Morgan fingerprint density at radius 3 is 2.65 bits per heavy atom. The van der Waals surface area contributed by atoms with E-state index < -0.39 is 0 Å². The Bertz CT molecular complexity index is 850. The molecule has 1 amide bonds. The first-order valence-corrected chi connectivity index (χ1v) is 8.13. The number of rotatable bonds is 5. The number of para-hydroxylation sites is 1. The summed E-state index contributed by atoms with van der Waals surface area (Å²) in [6, 6.07) is 14.9. The van der Waals surface area contributed by atoms with Crippen molar-refractivity contribution >= 4 is 27.7 Å². The summed E-state index contributed by atoms with van der Waals surface area (Å²) in [5, 5.41) is 5.45. The molecule has 0 unspecified atom stereocenters. The van der Waals surface area contributed by atoms with E-state index in [0.717, 1.165) is 12.1 Å². The molecular weight excluding hydrogens is 286 g/mol. The normalized spacial score (nSPS) is 12.7. The molecule has 1 atom stereocenters. The highest BCUT2D eigenvalue weighted by atomic mass is 16.1. The van der Waals surface area contributed by atoms with Crippen molar-refractivity contribution in [2.45, 2.75) is 26.9 Å². The van der Waals surface area contributed by atoms with Gasteiger partial charge in [0.25, 0.3) is 0 Å². The number of carbonyl (C=O) groups excluding carboxylic acids is 1. The van der Waals surface area contributed by atoms with Crippen LogP contribution in [0, 0.1) is 5.92 Å². The van der Waals surface area contributed by atoms with Gasteiger partial charge in [-0.25, -0.2) is 0 Å². The molecule has 1 aromatic heterocycles. The zero-order valence-electron chi connectivity index (χ0n) is 13.7. The zero-order valence-corrected chi connectivity index (χ0v) is 13.7. The molecule has 2 aromatic carbocycles. The first kappa shape index (κ1) is 15.6. The van der Waals surface area contributed by atoms with Gasteiger partial charge in [-0.05, 0) is 30.7 Å². The molecule has 0 spiro atoms. The summed E-state index contributed by atoms with van der Waals surface area (Å²) >= 11 is 0. The fraction of sp³-hybridized carbons (Fsp3) is 0.316. The highest BCUT2D eigenvalue weighted by Gasteiger charge is 2.12. The van der Waals surface area contributed by atoms with Crippen LogP contribution in [0.1, 0.15) is 19.4 Å². The molecule has 120 valence electrons. The van der Waals surface area contributed by atoms with Crippen LogP contribution in [-0.4, -0.2) is 17.0 Å². The van der Waals surface area contributed by atoms with E-state index in [2.05, 4.69) is 59.3 Å². The standard InChI is InChI=1S/C19H23N3O/c1-3-22-17-7-5-4-6-15(17)16-10-14(8-9-18(16)22)12-21-19(23)13(2)11-20/h4-10,13H,3,11-12,20H2,1-2H3,(H,21,23)/t13-/m0/s1. The SMILES string of the molecule is CCn1c2ccccc2c2cc(CNC(=O)[C@@H](C)CN)ccc21. The Kier molecular flexibility index (Phi) is 4.35. The van der Waals surface area contributed by atoms with Crippen LogP contribution in [0.4, 0.5) is 0 Å². The van der Waals surface area contributed by atoms with Crippen molar-refractivity contribution < 1.29 is 4.79 Å². The Balaban J connectivity index is 1.96. The molecule has 0 saturated heterocycles. The largest absolute Gasteiger partial charge is 0.352 e. The summed E-state index contributed by atoms with van der Waals surface area (Å²) in [6.07, 6.45) is 0. The van der Waals surface area contributed by atoms with Crippen LogP contribution in [0.15, 0.2) is 42.5 Å². The fourth-order valence-electron chi connectivity index (χ4n) is 3.02. The van der Waals surface area contributed by atoms with Gasteiger partial charge in [0.1, 0.15) is 0 Å². The monoisotopic (exact) mass is 309 g/mol. The number of carbonyl (C=O) groups is 1. The average molecular weight is 309 g/mol. The highest BCUT2D eigenvalue weighted by Crippen LogP contribution is 2.29. The number of aromatic nitrogens is 1. The van der Waals surface area contributed by atoms with Gasteiger partial charge in [0.15, 0.2) is 0 Å². The second kappa shape index (κ2) is 6.42. The molecule has 3 aromatic rings. The molecule has 23 heavy (non-hydrogen) atoms. The van der Waals surface area contributed by atoms with Crippen LogP contribution in [0.5, 0.6) is 0 Å². The number of benzene rings is 2. The molecule has 4 nitrogen and oxygen atoms in total. The predicted octanol–water partition coefficient (Wildman–Crippen LogP) is 3.03. The minimum Gasteiger partial charge on any atom is -0.352 e. The summed E-state index contributed by atoms with van der Waals surface area (Å²) in [4.78, 5) is 11.9. The number of fused-ring (bicyclic) bond motifs is 3. The smallest absolute Gasteiger partial charge is 0.224 e. The molecular formula is C19H23N3O. The third-order valence-corrected chi connectivity index (χ3v) is 4.42. The van der Waals surface area contributed by atoms with Gasteiger partial charge in [0.2, 0.25) is 5.91 Å². The van der Waals surface area contributed by atoms with Crippen molar-refractivity contribution in [2.24, 2.45) is 11.7 Å². The molecule has 0 radical (unpaired) electrons. The number of amides is 1. The molecule has 3 rings (SSSR count). The van der Waals surface area contributed by atoms with Crippen LogP contribution >= 0.6 is 0 Å². The van der Waals surface area contributed by atoms with Gasteiger partial charge in [-0.1, -0.05) is 31.2 Å². The number of nitrogens with two attached hydrogens (primary N) is 1. The molecule has 0 fully saturated rings. The maximum absolute atomic E-state index is 11.9. The van der Waals surface area contributed by atoms with Crippen molar-refractivity contribution in [1.82, 2.24) is 9.88 Å². The lowest BCUT2D eigenvalue weighted by Gasteiger charge is -2.10. The maximum Gasteiger partial charge on any atom is 0.224 e. The van der Waals surface area contributed by atoms with Gasteiger partial charge in [0.05, 0.1) is 0 Å². The molecule has 0 aliphatic heterocycles. The van der Waals surface area contributed by atoms with E-state index in [1.807, 2.05) is 6.92 Å². The molecule has 3 N–H and O–H groups in total. The maximum atomic E-state index is 11.9. The Labute approximate surface area is 136 Å². The number of nitrogens with zero attached hydrogens (tertiary/aromatic N) is 1. The third kappa shape index (κ3) is 2.82. The second-order valence-electron chi connectivity index (χ2n) is 5.97. The molecule has 4 heteroatoms. The van der Waals surface area contributed by atoms with E-state index >= 15 is 0 Å². The Morgan fingerprint density at radius 2 is 1.91 bits per heavy atom. The van der Waals surface area contributed by atoms with Crippen LogP contribution < -0.4 is 11.1 Å². The molecule has 0 bridgehead atoms. The molecule has 0 saturated carbocycles. The lowest BCUT2D eigenvalue weighted by atomic mass is 10.1. The Hall–Kier alpha value is -2.33. The van der Waals surface area contributed by atoms with Gasteiger partial charge >= 0.3 is 0 Å². The topological polar surface area (TPSA) is 60.0 Å². The highest BCUT2D eigenvalue weighted by molar-refractivity contribution is 6.08. The van der Waals surface area contributed by atoms with Crippen molar-refractivity contribution in [1.29, 1.82) is 0 Å². The van der Waals surface area contributed by atoms with Gasteiger partial charge in [-0.15, -0.1) is 0 Å². The summed E-state index contributed by atoms with van der Waals surface area (Å²) in [6.45, 7) is 5.84. The Morgan fingerprint density at radius 1 is 1.17 bits per heavy atom. The van der Waals surface area contributed by atoms with Gasteiger partial charge in [0, 0.05) is 47.4 Å². The van der Waals surface area contributed by atoms with E-state index in [0.29, 0.717) is 13.1 Å². The minimum absolute atomic E-state index is 0.00332. The summed E-state index contributed by atoms with van der Waals surface area (Å²) in [7, 11) is 0. The molecule has 0 aliphatic carbocycles. The number of hydrogen-bond donors (Lipinski definition) is 2. The van der Waals surface area contributed by atoms with E-state index in [-0.39, 0.29) is 11.8 Å². The van der Waals surface area contributed by atoms with Gasteiger partial charge < -0.3 is 15.6 Å². The summed E-state index contributed by atoms with van der Waals surface area (Å²) in [5.41, 5.74) is 9.13. The van der Waals surface area contributed by atoms with Crippen LogP contribution in [0.2, 0.25) is 0 Å². The number of aryl methyl sites for hydroxylation is 1. The first-order valence-electron chi connectivity index (χ1n) is 8.13. The summed E-state index contributed by atoms with van der Waals surface area (Å²) in [5.74, 6) is -0.149. The average Bonchev–Trinajstić information content (AvgIpc) is 2.92. The van der Waals surface area contributed by atoms with E-state index in [4.69, 9.17) is 5.73 Å². The predicted molar refractivity (Wildman–Crippen MR) is 95.2 cm³/mol. The summed E-state index contributed by atoms with van der Waals surface area (Å²) < 4.78 is 2.32. The quantitative estimate of drug-likeness (QED) is 0.761. The lowest BCUT2D eigenvalue weighted by Crippen LogP contribution is -2.32. The van der Waals surface area contributed by atoms with Gasteiger partial charge in [-0.3, -0.25) is 4.79 Å². The molecule has 0 aliphatic rings. The molecule has 1 heterocycles. The number of hydrogen-bond acceptors (Lipinski definition) is 2. The van der Waals surface area contributed by atoms with Crippen LogP contribution in [0.25, 0.3) is 21.8 Å². The van der Waals surface area contributed by atoms with E-state index in [9.17, 15) is 4.79 Å². The van der Waals surface area contributed by atoms with Crippen molar-refractivity contribution in [3.05, 3.63) is 48.0 Å². The van der Waals surface area contributed by atoms with Crippen molar-refractivity contribution in [3.63, 3.8) is 0 Å². The number of nitrogens with one attached hydrogen (secondary N) is 1. The second-order valence-corrected chi connectivity index (χ2v) is 5.97. The lowest BCUT2D eigenvalue weighted by molar-refractivity contribution is -0.124. The van der Waals surface area contributed by atoms with Gasteiger partial charge in [-0.2, -0.15) is 0 Å². The van der Waals surface area contributed by atoms with Crippen LogP contribution in [-0.2, 0) is 17.9 Å². The zero-order chi connectivity index (χ0) is 16.4. The third-order valence-electron chi connectivity index (χ3n) is 4.42. The minimum atomic E-state index is -0.152. The fourth-order valence-corrected chi connectivity index (χ4v) is 3.02. The van der Waals surface area contributed by atoms with Crippen molar-refractivity contribution in [3.8, 4) is 0 Å². The first-order chi connectivity index (χ1) is 11.2. The van der Waals surface area contributed by atoms with Crippen LogP contribution in [0.3, 0.4) is 0 Å². The van der Waals surface area contributed by atoms with Crippen molar-refractivity contribution in [2.75, 3.05) is 6.54 Å². The van der Waals surface area contributed by atoms with E-state index in [1.165, 1.54) is 21.8 Å².